The van der Waals surface area contributed by atoms with Crippen molar-refractivity contribution in [2.45, 2.75) is 32.2 Å². The Morgan fingerprint density at radius 3 is 2.53 bits per heavy atom. The minimum Gasteiger partial charge on any atom is -0.326 e. The second-order valence-electron chi connectivity index (χ2n) is 7.45. The first-order valence-corrected chi connectivity index (χ1v) is 11.7. The van der Waals surface area contributed by atoms with Crippen LogP contribution in [0.4, 0.5) is 13.2 Å². The normalized spacial score (nSPS) is 12.8. The van der Waals surface area contributed by atoms with E-state index in [1.54, 1.807) is 22.8 Å². The molecule has 3 heterocycles. The Morgan fingerprint density at radius 2 is 1.81 bits per heavy atom. The van der Waals surface area contributed by atoms with Crippen molar-refractivity contribution in [2.24, 2.45) is 0 Å². The van der Waals surface area contributed by atoms with Crippen molar-refractivity contribution in [1.29, 1.82) is 0 Å². The molecule has 0 N–H and O–H groups in total. The molecule has 0 aliphatic heterocycles. The van der Waals surface area contributed by atoms with Crippen molar-refractivity contribution in [3.05, 3.63) is 53.1 Å². The molecule has 0 amide bonds. The van der Waals surface area contributed by atoms with Gasteiger partial charge in [-0.3, -0.25) is 9.13 Å². The summed E-state index contributed by atoms with van der Waals surface area (Å²) in [6, 6.07) is 7.17. The second kappa shape index (κ2) is 8.04. The summed E-state index contributed by atoms with van der Waals surface area (Å²) in [4.78, 5) is 25.1. The highest BCUT2D eigenvalue weighted by Crippen LogP contribution is 2.21. The quantitative estimate of drug-likeness (QED) is 0.411. The van der Waals surface area contributed by atoms with Gasteiger partial charge in [-0.05, 0) is 18.6 Å². The Balaban J connectivity index is 1.79. The summed E-state index contributed by atoms with van der Waals surface area (Å²) in [7, 11) is -3.17. The average molecular weight is 468 g/mol. The van der Waals surface area contributed by atoms with Crippen LogP contribution in [0.2, 0.25) is 0 Å². The summed E-state index contributed by atoms with van der Waals surface area (Å²) >= 11 is 0. The molecular formula is C19H19F3N6O3S. The zero-order valence-electron chi connectivity index (χ0n) is 16.9. The van der Waals surface area contributed by atoms with Crippen LogP contribution in [0.1, 0.15) is 12.2 Å². The monoisotopic (exact) mass is 468 g/mol. The molecule has 0 atom stereocenters. The van der Waals surface area contributed by atoms with Crippen molar-refractivity contribution >= 4 is 32.0 Å². The van der Waals surface area contributed by atoms with E-state index in [-0.39, 0.29) is 23.5 Å². The SMILES string of the molecule is CS(=O)(=O)CCCn1c(Cn2c(=O)n(CC(F)(F)F)c3ncncc32)nc2ccccc21. The van der Waals surface area contributed by atoms with Gasteiger partial charge in [0.2, 0.25) is 0 Å². The first kappa shape index (κ1) is 22.0. The maximum atomic E-state index is 13.0. The van der Waals surface area contributed by atoms with E-state index in [0.29, 0.717) is 28.9 Å². The van der Waals surface area contributed by atoms with Gasteiger partial charge in [0.15, 0.2) is 5.65 Å². The summed E-state index contributed by atoms with van der Waals surface area (Å²) < 4.78 is 65.7. The molecule has 3 aromatic heterocycles. The summed E-state index contributed by atoms with van der Waals surface area (Å²) in [5.74, 6) is 0.383. The molecule has 0 fully saturated rings. The number of aromatic nitrogens is 6. The van der Waals surface area contributed by atoms with Gasteiger partial charge in [-0.1, -0.05) is 12.1 Å². The number of halogens is 3. The molecular weight excluding hydrogens is 449 g/mol. The van der Waals surface area contributed by atoms with E-state index >= 15 is 0 Å². The fourth-order valence-electron chi connectivity index (χ4n) is 3.65. The number of sulfone groups is 1. The fraction of sp³-hybridized carbons (Fsp3) is 0.368. The van der Waals surface area contributed by atoms with Crippen LogP contribution in [0, 0.1) is 0 Å². The Morgan fingerprint density at radius 1 is 1.06 bits per heavy atom. The van der Waals surface area contributed by atoms with Gasteiger partial charge in [0, 0.05) is 12.8 Å². The molecule has 4 rings (SSSR count). The molecule has 170 valence electrons. The van der Waals surface area contributed by atoms with Crippen molar-refractivity contribution in [1.82, 2.24) is 28.7 Å². The number of hydrogen-bond donors (Lipinski definition) is 0. The lowest BCUT2D eigenvalue weighted by atomic mass is 10.3. The zero-order valence-corrected chi connectivity index (χ0v) is 17.8. The van der Waals surface area contributed by atoms with E-state index in [2.05, 4.69) is 15.0 Å². The molecule has 9 nitrogen and oxygen atoms in total. The number of hydrogen-bond acceptors (Lipinski definition) is 6. The van der Waals surface area contributed by atoms with E-state index < -0.39 is 28.2 Å². The Kier molecular flexibility index (Phi) is 5.53. The van der Waals surface area contributed by atoms with Gasteiger partial charge in [-0.2, -0.15) is 13.2 Å². The van der Waals surface area contributed by atoms with Crippen molar-refractivity contribution in [2.75, 3.05) is 12.0 Å². The lowest BCUT2D eigenvalue weighted by Gasteiger charge is -2.10. The summed E-state index contributed by atoms with van der Waals surface area (Å²) in [6.07, 6.45) is -0.769. The Labute approximate surface area is 180 Å². The van der Waals surface area contributed by atoms with Crippen molar-refractivity contribution in [3.8, 4) is 0 Å². The van der Waals surface area contributed by atoms with Gasteiger partial charge in [-0.15, -0.1) is 0 Å². The van der Waals surface area contributed by atoms with Crippen molar-refractivity contribution < 1.29 is 21.6 Å². The lowest BCUT2D eigenvalue weighted by Crippen LogP contribution is -2.30. The highest BCUT2D eigenvalue weighted by molar-refractivity contribution is 7.90. The van der Waals surface area contributed by atoms with E-state index in [4.69, 9.17) is 0 Å². The van der Waals surface area contributed by atoms with Gasteiger partial charge in [-0.25, -0.2) is 28.2 Å². The largest absolute Gasteiger partial charge is 0.406 e. The van der Waals surface area contributed by atoms with Crippen LogP contribution in [0.25, 0.3) is 22.2 Å². The third-order valence-corrected chi connectivity index (χ3v) is 5.98. The van der Waals surface area contributed by atoms with Gasteiger partial charge in [0.1, 0.15) is 34.1 Å². The van der Waals surface area contributed by atoms with Crippen LogP contribution >= 0.6 is 0 Å². The first-order valence-electron chi connectivity index (χ1n) is 9.61. The molecule has 13 heteroatoms. The van der Waals surface area contributed by atoms with Gasteiger partial charge in [0.25, 0.3) is 0 Å². The molecule has 0 saturated heterocycles. The Bertz CT molecular complexity index is 1450. The predicted octanol–water partition coefficient (Wildman–Crippen LogP) is 1.99. The number of nitrogens with zero attached hydrogens (tertiary/aromatic N) is 6. The van der Waals surface area contributed by atoms with Crippen LogP contribution in [0.5, 0.6) is 0 Å². The summed E-state index contributed by atoms with van der Waals surface area (Å²) in [5, 5.41) is 0. The number of rotatable bonds is 7. The van der Waals surface area contributed by atoms with Crippen LogP contribution in [-0.2, 0) is 29.5 Å². The molecule has 32 heavy (non-hydrogen) atoms. The number of imidazole rings is 2. The topological polar surface area (TPSA) is 105 Å². The van der Waals surface area contributed by atoms with Crippen LogP contribution in [0.3, 0.4) is 0 Å². The minimum absolute atomic E-state index is 0.0301. The maximum Gasteiger partial charge on any atom is 0.406 e. The summed E-state index contributed by atoms with van der Waals surface area (Å²) in [6.45, 7) is -1.28. The average Bonchev–Trinajstić information content (AvgIpc) is 3.17. The molecule has 0 spiro atoms. The highest BCUT2D eigenvalue weighted by Gasteiger charge is 2.31. The zero-order chi connectivity index (χ0) is 23.1. The van der Waals surface area contributed by atoms with E-state index in [1.807, 2.05) is 6.07 Å². The van der Waals surface area contributed by atoms with Gasteiger partial charge < -0.3 is 4.57 Å². The minimum atomic E-state index is -4.60. The number of aryl methyl sites for hydroxylation is 1. The van der Waals surface area contributed by atoms with E-state index in [9.17, 15) is 26.4 Å². The maximum absolute atomic E-state index is 13.0. The molecule has 1 aromatic carbocycles. The number of alkyl halides is 3. The van der Waals surface area contributed by atoms with Crippen LogP contribution in [-0.4, -0.2) is 55.3 Å². The molecule has 0 radical (unpaired) electrons. The fourth-order valence-corrected chi connectivity index (χ4v) is 4.30. The van der Waals surface area contributed by atoms with E-state index in [0.717, 1.165) is 22.7 Å². The first-order chi connectivity index (χ1) is 15.0. The van der Waals surface area contributed by atoms with E-state index in [1.165, 1.54) is 6.20 Å². The smallest absolute Gasteiger partial charge is 0.326 e. The molecule has 0 aliphatic carbocycles. The van der Waals surface area contributed by atoms with Crippen molar-refractivity contribution in [3.63, 3.8) is 0 Å². The highest BCUT2D eigenvalue weighted by atomic mass is 32.2. The summed E-state index contributed by atoms with van der Waals surface area (Å²) in [5.41, 5.74) is 0.510. The number of fused-ring (bicyclic) bond motifs is 2. The number of para-hydroxylation sites is 2. The second-order valence-corrected chi connectivity index (χ2v) is 9.71. The Hall–Kier alpha value is -3.22. The molecule has 0 aliphatic rings. The third-order valence-electron chi connectivity index (χ3n) is 4.95. The standard InChI is InChI=1S/C19H19F3N6O3S/c1-32(30,31)8-4-7-26-14-6-3-2-5-13(14)25-16(26)10-27-15-9-23-12-24-17(15)28(18(27)29)11-19(20,21)22/h2-3,5-6,9,12H,4,7-8,10-11H2,1H3. The van der Waals surface area contributed by atoms with Gasteiger partial charge >= 0.3 is 11.9 Å². The predicted molar refractivity (Wildman–Crippen MR) is 111 cm³/mol. The molecule has 4 aromatic rings. The molecule has 0 unspecified atom stereocenters. The van der Waals surface area contributed by atoms with Crippen LogP contribution < -0.4 is 5.69 Å². The molecule has 0 bridgehead atoms. The third kappa shape index (κ3) is 4.52. The van der Waals surface area contributed by atoms with Crippen LogP contribution in [0.15, 0.2) is 41.6 Å². The molecule has 0 saturated carbocycles. The van der Waals surface area contributed by atoms with Gasteiger partial charge in [0.05, 0.1) is 29.5 Å². The number of benzene rings is 1. The lowest BCUT2D eigenvalue weighted by molar-refractivity contribution is -0.140.